The summed E-state index contributed by atoms with van der Waals surface area (Å²) >= 11 is 0. The first kappa shape index (κ1) is 27.9. The van der Waals surface area contributed by atoms with Gasteiger partial charge in [0.25, 0.3) is 0 Å². The summed E-state index contributed by atoms with van der Waals surface area (Å²) in [4.78, 5) is 20.1. The molecule has 0 spiro atoms. The number of hydroxylamine groups is 2. The van der Waals surface area contributed by atoms with Crippen LogP contribution < -0.4 is 15.8 Å². The molecule has 2 bridgehead atoms. The number of carbonyl (C=O) groups excluding carboxylic acids is 1. The molecule has 4 aliphatic rings. The number of rotatable bonds is 8. The van der Waals surface area contributed by atoms with Crippen molar-refractivity contribution in [3.05, 3.63) is 48.0 Å². The average Bonchev–Trinajstić information content (AvgIpc) is 3.28. The van der Waals surface area contributed by atoms with Crippen molar-refractivity contribution in [2.24, 2.45) is 29.1 Å². The van der Waals surface area contributed by atoms with Crippen molar-refractivity contribution in [1.82, 2.24) is 10.4 Å². The number of anilines is 1. The summed E-state index contributed by atoms with van der Waals surface area (Å²) in [5.41, 5.74) is 9.64. The molecular formula is C31H43N3O5. The number of amides is 1. The first-order valence-corrected chi connectivity index (χ1v) is 14.1. The van der Waals surface area contributed by atoms with Crippen LogP contribution >= 0.6 is 0 Å². The predicted octanol–water partition coefficient (Wildman–Crippen LogP) is 3.61. The summed E-state index contributed by atoms with van der Waals surface area (Å²) in [5, 5.41) is 25.8. The molecule has 2 aromatic rings. The summed E-state index contributed by atoms with van der Waals surface area (Å²) < 4.78 is 5.85. The van der Waals surface area contributed by atoms with E-state index < -0.39 is 24.2 Å². The van der Waals surface area contributed by atoms with Gasteiger partial charge in [-0.15, -0.1) is 0 Å². The van der Waals surface area contributed by atoms with Crippen LogP contribution in [0.5, 0.6) is 5.75 Å². The van der Waals surface area contributed by atoms with E-state index in [0.717, 1.165) is 23.1 Å². The van der Waals surface area contributed by atoms with E-state index in [0.29, 0.717) is 34.6 Å². The van der Waals surface area contributed by atoms with E-state index in [4.69, 9.17) is 15.3 Å². The van der Waals surface area contributed by atoms with E-state index in [1.807, 2.05) is 42.5 Å². The number of hydrogen-bond donors (Lipinski definition) is 4. The number of methoxy groups -OCH3 is 1. The molecule has 0 aromatic heterocycles. The van der Waals surface area contributed by atoms with Crippen molar-refractivity contribution in [3.8, 4) is 16.9 Å². The standard InChI is InChI=1S/C31H43N3O5/c1-17-24-13-21(31(24,3)4)14-25(17)33-30(37)28-27(18(2)36)26(16-35)39-34(28)15-20-9-7-11-23(29(20)38-5)19-8-6-10-22(32)12-19/h6-12,17-18,21,24-28,35-36H,13-16,32H2,1-5H3,(H,33,37)/t17-,18?,21+,24-,25-,26-,27?,28-/m0/s1. The number of nitrogens with zero attached hydrogens (tertiary/aromatic N) is 1. The number of aliphatic hydroxyl groups excluding tert-OH is 2. The van der Waals surface area contributed by atoms with Gasteiger partial charge in [0.2, 0.25) is 5.91 Å². The maximum absolute atomic E-state index is 13.9. The molecule has 0 radical (unpaired) electrons. The fourth-order valence-corrected chi connectivity index (χ4v) is 7.54. The summed E-state index contributed by atoms with van der Waals surface area (Å²) in [6, 6.07) is 12.8. The van der Waals surface area contributed by atoms with Crippen LogP contribution in [0.15, 0.2) is 42.5 Å². The maximum atomic E-state index is 13.9. The monoisotopic (exact) mass is 537 g/mol. The Balaban J connectivity index is 1.42. The number of carbonyl (C=O) groups is 1. The highest BCUT2D eigenvalue weighted by atomic mass is 16.7. The Bertz CT molecular complexity index is 1200. The summed E-state index contributed by atoms with van der Waals surface area (Å²) in [7, 11) is 1.62. The number of para-hydroxylation sites is 1. The molecule has 1 heterocycles. The quantitative estimate of drug-likeness (QED) is 0.380. The Morgan fingerprint density at radius 3 is 2.62 bits per heavy atom. The highest BCUT2D eigenvalue weighted by Crippen LogP contribution is 2.61. The van der Waals surface area contributed by atoms with Crippen LogP contribution in [0.25, 0.3) is 11.1 Å². The van der Waals surface area contributed by atoms with Crippen LogP contribution in [0.3, 0.4) is 0 Å². The molecule has 2 aromatic carbocycles. The number of fused-ring (bicyclic) bond motifs is 2. The normalized spacial score (nSPS) is 32.3. The number of ether oxygens (including phenoxy) is 1. The summed E-state index contributed by atoms with van der Waals surface area (Å²) in [6.07, 6.45) is 0.646. The molecule has 5 N–H and O–H groups in total. The van der Waals surface area contributed by atoms with Crippen molar-refractivity contribution < 1.29 is 24.6 Å². The third-order valence-electron chi connectivity index (χ3n) is 9.89. The lowest BCUT2D eigenvalue weighted by molar-refractivity contribution is -0.183. The second-order valence-electron chi connectivity index (χ2n) is 12.4. The lowest BCUT2D eigenvalue weighted by Crippen LogP contribution is -2.62. The smallest absolute Gasteiger partial charge is 0.240 e. The molecule has 3 saturated carbocycles. The van der Waals surface area contributed by atoms with Gasteiger partial charge in [0.15, 0.2) is 0 Å². The minimum atomic E-state index is -0.848. The van der Waals surface area contributed by atoms with Gasteiger partial charge in [-0.2, -0.15) is 5.06 Å². The first-order valence-electron chi connectivity index (χ1n) is 14.1. The Morgan fingerprint density at radius 1 is 1.26 bits per heavy atom. The van der Waals surface area contributed by atoms with E-state index >= 15 is 0 Å². The molecule has 6 rings (SSSR count). The van der Waals surface area contributed by atoms with Crippen molar-refractivity contribution in [3.63, 3.8) is 0 Å². The molecule has 3 aliphatic carbocycles. The number of aliphatic hydroxyl groups is 2. The van der Waals surface area contributed by atoms with Crippen molar-refractivity contribution in [1.29, 1.82) is 0 Å². The van der Waals surface area contributed by atoms with Gasteiger partial charge >= 0.3 is 0 Å². The highest BCUT2D eigenvalue weighted by molar-refractivity contribution is 5.83. The molecule has 2 unspecified atom stereocenters. The SMILES string of the molecule is COc1c(CN2O[C@@H](CO)C(C(C)O)[C@H]2C(=O)N[C@H]2C[C@H]3C[C@@H]([C@@H]2C)C3(C)C)cccc1-c1cccc(N)c1. The summed E-state index contributed by atoms with van der Waals surface area (Å²) in [5.74, 6) is 1.49. The predicted molar refractivity (Wildman–Crippen MR) is 150 cm³/mol. The number of nitrogens with one attached hydrogen (secondary N) is 1. The molecule has 1 saturated heterocycles. The fourth-order valence-electron chi connectivity index (χ4n) is 7.54. The lowest BCUT2D eigenvalue weighted by atomic mass is 9.45. The fraction of sp³-hybridized carbons (Fsp3) is 0.581. The molecule has 39 heavy (non-hydrogen) atoms. The second-order valence-corrected chi connectivity index (χ2v) is 12.4. The van der Waals surface area contributed by atoms with Gasteiger partial charge in [-0.25, -0.2) is 0 Å². The zero-order valence-corrected chi connectivity index (χ0v) is 23.6. The Kier molecular flexibility index (Phi) is 7.68. The van der Waals surface area contributed by atoms with Gasteiger partial charge < -0.3 is 26.0 Å². The molecule has 8 nitrogen and oxygen atoms in total. The minimum absolute atomic E-state index is 0.0837. The van der Waals surface area contributed by atoms with E-state index in [1.54, 1.807) is 19.1 Å². The van der Waals surface area contributed by atoms with Gasteiger partial charge in [0, 0.05) is 28.8 Å². The van der Waals surface area contributed by atoms with Gasteiger partial charge in [0.1, 0.15) is 17.9 Å². The van der Waals surface area contributed by atoms with E-state index in [2.05, 4.69) is 26.1 Å². The van der Waals surface area contributed by atoms with E-state index in [1.165, 1.54) is 6.42 Å². The van der Waals surface area contributed by atoms with Crippen LogP contribution in [0.1, 0.15) is 46.1 Å². The molecular weight excluding hydrogens is 494 g/mol. The van der Waals surface area contributed by atoms with Crippen molar-refractivity contribution in [2.45, 2.75) is 71.4 Å². The van der Waals surface area contributed by atoms with Gasteiger partial charge in [-0.3, -0.25) is 9.63 Å². The molecule has 8 atom stereocenters. The van der Waals surface area contributed by atoms with Gasteiger partial charge in [-0.05, 0) is 60.6 Å². The van der Waals surface area contributed by atoms with Crippen LogP contribution in [0.2, 0.25) is 0 Å². The third kappa shape index (κ3) is 4.92. The zero-order chi connectivity index (χ0) is 28.1. The molecule has 1 aliphatic heterocycles. The molecule has 4 fully saturated rings. The third-order valence-corrected chi connectivity index (χ3v) is 9.89. The van der Waals surface area contributed by atoms with Gasteiger partial charge in [0.05, 0.1) is 26.4 Å². The van der Waals surface area contributed by atoms with Crippen LogP contribution in [0.4, 0.5) is 5.69 Å². The van der Waals surface area contributed by atoms with Gasteiger partial charge in [-0.1, -0.05) is 51.1 Å². The number of benzene rings is 2. The Morgan fingerprint density at radius 2 is 2.00 bits per heavy atom. The van der Waals surface area contributed by atoms with E-state index in [-0.39, 0.29) is 25.1 Å². The maximum Gasteiger partial charge on any atom is 0.240 e. The van der Waals surface area contributed by atoms with Crippen LogP contribution in [0, 0.1) is 29.1 Å². The number of hydrogen-bond acceptors (Lipinski definition) is 7. The topological polar surface area (TPSA) is 117 Å². The molecule has 8 heteroatoms. The van der Waals surface area contributed by atoms with E-state index in [9.17, 15) is 15.0 Å². The highest BCUT2D eigenvalue weighted by Gasteiger charge is 2.57. The van der Waals surface area contributed by atoms with Crippen LogP contribution in [-0.2, 0) is 16.2 Å². The Labute approximate surface area is 231 Å². The Hall–Kier alpha value is -2.65. The zero-order valence-electron chi connectivity index (χ0n) is 23.6. The lowest BCUT2D eigenvalue weighted by Gasteiger charge is -2.62. The average molecular weight is 538 g/mol. The molecule has 212 valence electrons. The molecule has 1 amide bonds. The van der Waals surface area contributed by atoms with Crippen molar-refractivity contribution in [2.75, 3.05) is 19.5 Å². The van der Waals surface area contributed by atoms with Crippen molar-refractivity contribution >= 4 is 11.6 Å². The van der Waals surface area contributed by atoms with Crippen LogP contribution in [-0.4, -0.2) is 59.2 Å². The summed E-state index contributed by atoms with van der Waals surface area (Å²) in [6.45, 7) is 8.53. The largest absolute Gasteiger partial charge is 0.496 e. The number of nitrogens with two attached hydrogens (primary N) is 1. The second kappa shape index (κ2) is 10.7. The minimum Gasteiger partial charge on any atom is -0.496 e. The first-order chi connectivity index (χ1) is 18.6. The number of nitrogen functional groups attached to an aromatic ring is 1.